The average Bonchev–Trinajstić information content (AvgIpc) is 2.27. The van der Waals surface area contributed by atoms with Gasteiger partial charge in [-0.05, 0) is 23.8 Å². The van der Waals surface area contributed by atoms with Crippen LogP contribution in [0.2, 0.25) is 5.02 Å². The van der Waals surface area contributed by atoms with Gasteiger partial charge in [-0.2, -0.15) is 0 Å². The van der Waals surface area contributed by atoms with Crippen LogP contribution in [0.15, 0.2) is 18.2 Å². The summed E-state index contributed by atoms with van der Waals surface area (Å²) in [4.78, 5) is 2.27. The van der Waals surface area contributed by atoms with Crippen molar-refractivity contribution in [3.05, 3.63) is 28.8 Å². The van der Waals surface area contributed by atoms with E-state index in [0.717, 1.165) is 47.4 Å². The molecule has 0 atom stereocenters. The van der Waals surface area contributed by atoms with Crippen LogP contribution in [-0.4, -0.2) is 33.7 Å². The van der Waals surface area contributed by atoms with Crippen molar-refractivity contribution < 1.29 is 4.21 Å². The second kappa shape index (κ2) is 5.17. The van der Waals surface area contributed by atoms with Crippen LogP contribution in [-0.2, 0) is 17.3 Å². The second-order valence-electron chi connectivity index (χ2n) is 3.98. The normalized spacial score (nSPS) is 18.8. The van der Waals surface area contributed by atoms with E-state index in [4.69, 9.17) is 17.3 Å². The van der Waals surface area contributed by atoms with Crippen LogP contribution in [0.5, 0.6) is 0 Å². The molecule has 0 unspecified atom stereocenters. The summed E-state index contributed by atoms with van der Waals surface area (Å²) in [5.74, 6) is 1.53. The highest BCUT2D eigenvalue weighted by atomic mass is 35.5. The molecule has 1 aliphatic rings. The smallest absolute Gasteiger partial charge is 0.0452 e. The van der Waals surface area contributed by atoms with Gasteiger partial charge < -0.3 is 5.73 Å². The lowest BCUT2D eigenvalue weighted by Gasteiger charge is -2.26. The second-order valence-corrected chi connectivity index (χ2v) is 6.08. The Morgan fingerprint density at radius 2 is 2.06 bits per heavy atom. The standard InChI is InChI=1S/C11H15ClN2OS/c12-11-2-1-10(13)7-9(11)8-14-3-5-16(15)6-4-14/h1-2,7H,3-6,8,13H2. The van der Waals surface area contributed by atoms with E-state index in [1.807, 2.05) is 12.1 Å². The molecule has 0 aliphatic carbocycles. The van der Waals surface area contributed by atoms with Crippen LogP contribution in [0.1, 0.15) is 5.56 Å². The van der Waals surface area contributed by atoms with Gasteiger partial charge in [0.1, 0.15) is 0 Å². The maximum Gasteiger partial charge on any atom is 0.0452 e. The third-order valence-corrected chi connectivity index (χ3v) is 4.38. The first-order valence-corrected chi connectivity index (χ1v) is 7.13. The molecule has 2 N–H and O–H groups in total. The van der Waals surface area contributed by atoms with Crippen molar-refractivity contribution in [2.45, 2.75) is 6.54 Å². The largest absolute Gasteiger partial charge is 0.399 e. The number of anilines is 1. The lowest BCUT2D eigenvalue weighted by Crippen LogP contribution is -2.37. The van der Waals surface area contributed by atoms with E-state index in [2.05, 4.69) is 4.90 Å². The quantitative estimate of drug-likeness (QED) is 0.818. The molecule has 1 aliphatic heterocycles. The highest BCUT2D eigenvalue weighted by molar-refractivity contribution is 7.85. The summed E-state index contributed by atoms with van der Waals surface area (Å²) in [6, 6.07) is 5.54. The van der Waals surface area contributed by atoms with Gasteiger partial charge in [0.2, 0.25) is 0 Å². The summed E-state index contributed by atoms with van der Waals surface area (Å²) in [6.45, 7) is 2.54. The fraction of sp³-hybridized carbons (Fsp3) is 0.455. The molecule has 1 heterocycles. The summed E-state index contributed by atoms with van der Waals surface area (Å²) in [5.41, 5.74) is 7.52. The van der Waals surface area contributed by atoms with Crippen molar-refractivity contribution in [2.75, 3.05) is 30.3 Å². The predicted molar refractivity (Wildman–Crippen MR) is 69.0 cm³/mol. The molecule has 0 radical (unpaired) electrons. The van der Waals surface area contributed by atoms with Gasteiger partial charge in [0.05, 0.1) is 0 Å². The average molecular weight is 259 g/mol. The predicted octanol–water partition coefficient (Wildman–Crippen LogP) is 1.49. The molecule has 0 saturated carbocycles. The minimum Gasteiger partial charge on any atom is -0.399 e. The number of nitrogens with two attached hydrogens (primary N) is 1. The molecule has 1 aromatic carbocycles. The highest BCUT2D eigenvalue weighted by Gasteiger charge is 2.16. The Hall–Kier alpha value is -0.580. The molecule has 0 spiro atoms. The lowest BCUT2D eigenvalue weighted by molar-refractivity contribution is 0.291. The molecule has 5 heteroatoms. The maximum absolute atomic E-state index is 11.2. The van der Waals surface area contributed by atoms with Gasteiger partial charge in [0.15, 0.2) is 0 Å². The van der Waals surface area contributed by atoms with Crippen LogP contribution >= 0.6 is 11.6 Å². The van der Waals surface area contributed by atoms with Gasteiger partial charge in [-0.1, -0.05) is 11.6 Å². The molecular weight excluding hydrogens is 244 g/mol. The third-order valence-electron chi connectivity index (χ3n) is 2.73. The Kier molecular flexibility index (Phi) is 3.84. The van der Waals surface area contributed by atoms with Gasteiger partial charge in [0.25, 0.3) is 0 Å². The fourth-order valence-corrected chi connectivity index (χ4v) is 3.10. The number of hydrogen-bond acceptors (Lipinski definition) is 3. The summed E-state index contributed by atoms with van der Waals surface area (Å²) >= 11 is 6.10. The summed E-state index contributed by atoms with van der Waals surface area (Å²) in [7, 11) is -0.628. The molecule has 16 heavy (non-hydrogen) atoms. The molecule has 2 rings (SSSR count). The molecule has 0 aromatic heterocycles. The van der Waals surface area contributed by atoms with Gasteiger partial charge in [-0.3, -0.25) is 9.11 Å². The Morgan fingerprint density at radius 1 is 1.38 bits per heavy atom. The van der Waals surface area contributed by atoms with Crippen LogP contribution in [0, 0.1) is 0 Å². The number of nitrogens with zero attached hydrogens (tertiary/aromatic N) is 1. The van der Waals surface area contributed by atoms with E-state index in [1.54, 1.807) is 6.07 Å². The molecule has 3 nitrogen and oxygen atoms in total. The molecule has 0 bridgehead atoms. The monoisotopic (exact) mass is 258 g/mol. The van der Waals surface area contributed by atoms with Gasteiger partial charge in [0, 0.05) is 52.6 Å². The minimum atomic E-state index is -0.628. The molecular formula is C11H15ClN2OS. The van der Waals surface area contributed by atoms with Crippen molar-refractivity contribution in [3.8, 4) is 0 Å². The number of hydrogen-bond donors (Lipinski definition) is 1. The zero-order valence-electron chi connectivity index (χ0n) is 8.99. The van der Waals surface area contributed by atoms with E-state index >= 15 is 0 Å². The fourth-order valence-electron chi connectivity index (χ4n) is 1.79. The highest BCUT2D eigenvalue weighted by Crippen LogP contribution is 2.21. The molecule has 0 amide bonds. The van der Waals surface area contributed by atoms with Crippen molar-refractivity contribution in [3.63, 3.8) is 0 Å². The van der Waals surface area contributed by atoms with Crippen LogP contribution in [0.3, 0.4) is 0 Å². The molecule has 1 saturated heterocycles. The van der Waals surface area contributed by atoms with E-state index < -0.39 is 10.8 Å². The number of benzene rings is 1. The molecule has 88 valence electrons. The summed E-state index contributed by atoms with van der Waals surface area (Å²) in [6.07, 6.45) is 0. The Labute approximate surface area is 103 Å². The zero-order valence-corrected chi connectivity index (χ0v) is 10.6. The molecule has 1 aromatic rings. The first-order chi connectivity index (χ1) is 7.65. The zero-order chi connectivity index (χ0) is 11.5. The minimum absolute atomic E-state index is 0.628. The Bertz CT molecular complexity index is 401. The van der Waals surface area contributed by atoms with Crippen molar-refractivity contribution in [1.29, 1.82) is 0 Å². The van der Waals surface area contributed by atoms with Crippen molar-refractivity contribution in [1.82, 2.24) is 4.90 Å². The van der Waals surface area contributed by atoms with E-state index in [0.29, 0.717) is 0 Å². The SMILES string of the molecule is Nc1ccc(Cl)c(CN2CCS(=O)CC2)c1. The van der Waals surface area contributed by atoms with E-state index in [1.165, 1.54) is 0 Å². The Morgan fingerprint density at radius 3 is 2.75 bits per heavy atom. The van der Waals surface area contributed by atoms with Crippen LogP contribution in [0.4, 0.5) is 5.69 Å². The van der Waals surface area contributed by atoms with Crippen molar-refractivity contribution >= 4 is 28.1 Å². The number of nitrogen functional groups attached to an aromatic ring is 1. The lowest BCUT2D eigenvalue weighted by atomic mass is 10.2. The molecule has 1 fully saturated rings. The summed E-state index contributed by atoms with van der Waals surface area (Å²) in [5, 5.41) is 0.751. The first-order valence-electron chi connectivity index (χ1n) is 5.26. The number of halogens is 1. The van der Waals surface area contributed by atoms with Crippen LogP contribution in [0.25, 0.3) is 0 Å². The third kappa shape index (κ3) is 2.97. The summed E-state index contributed by atoms with van der Waals surface area (Å²) < 4.78 is 11.2. The van der Waals surface area contributed by atoms with Gasteiger partial charge >= 0.3 is 0 Å². The van der Waals surface area contributed by atoms with Gasteiger partial charge in [-0.25, -0.2) is 0 Å². The Balaban J connectivity index is 2.03. The van der Waals surface area contributed by atoms with Crippen LogP contribution < -0.4 is 5.73 Å². The van der Waals surface area contributed by atoms with Gasteiger partial charge in [-0.15, -0.1) is 0 Å². The van der Waals surface area contributed by atoms with Crippen molar-refractivity contribution in [2.24, 2.45) is 0 Å². The van der Waals surface area contributed by atoms with E-state index in [9.17, 15) is 4.21 Å². The van der Waals surface area contributed by atoms with E-state index in [-0.39, 0.29) is 0 Å². The topological polar surface area (TPSA) is 46.3 Å². The number of rotatable bonds is 2. The maximum atomic E-state index is 11.2. The first kappa shape index (κ1) is 11.9.